The fourth-order valence-corrected chi connectivity index (χ4v) is 3.63. The van der Waals surface area contributed by atoms with E-state index >= 15 is 0 Å². The summed E-state index contributed by atoms with van der Waals surface area (Å²) in [5, 5.41) is 10.1. The Labute approximate surface area is 154 Å². The average Bonchev–Trinajstić information content (AvgIpc) is 3.16. The van der Waals surface area contributed by atoms with Gasteiger partial charge in [-0.2, -0.15) is 5.10 Å². The first kappa shape index (κ1) is 18.2. The van der Waals surface area contributed by atoms with Gasteiger partial charge in [-0.1, -0.05) is 31.0 Å². The second-order valence-electron chi connectivity index (χ2n) is 7.41. The molecular weight excluding hydrogens is 328 g/mol. The zero-order chi connectivity index (χ0) is 18.8. The van der Waals surface area contributed by atoms with Crippen LogP contribution in [0.4, 0.5) is 5.82 Å². The number of hydrogen-bond acceptors (Lipinski definition) is 3. The molecule has 1 unspecified atom stereocenters. The Morgan fingerprint density at radius 1 is 1.19 bits per heavy atom. The molecule has 0 spiro atoms. The lowest BCUT2D eigenvalue weighted by Gasteiger charge is -2.29. The number of carbonyl (C=O) groups excluding carboxylic acids is 2. The molecule has 0 aliphatic carbocycles. The fourth-order valence-electron chi connectivity index (χ4n) is 3.63. The van der Waals surface area contributed by atoms with Gasteiger partial charge >= 0.3 is 0 Å². The topological polar surface area (TPSA) is 78.1 Å². The Kier molecular flexibility index (Phi) is 5.11. The summed E-state index contributed by atoms with van der Waals surface area (Å²) in [4.78, 5) is 26.5. The van der Waals surface area contributed by atoms with Gasteiger partial charge in [-0.15, -0.1) is 0 Å². The maximum atomic E-state index is 12.8. The lowest BCUT2D eigenvalue weighted by atomic mass is 10.0. The predicted octanol–water partition coefficient (Wildman–Crippen LogP) is 3.28. The van der Waals surface area contributed by atoms with Gasteiger partial charge < -0.3 is 10.2 Å². The van der Waals surface area contributed by atoms with Crippen molar-refractivity contribution in [3.05, 3.63) is 35.4 Å². The third-order valence-electron chi connectivity index (χ3n) is 4.71. The van der Waals surface area contributed by atoms with E-state index in [4.69, 9.17) is 0 Å². The van der Waals surface area contributed by atoms with Crippen molar-refractivity contribution in [2.75, 3.05) is 11.9 Å². The Balaban J connectivity index is 1.77. The van der Waals surface area contributed by atoms with Crippen molar-refractivity contribution in [2.24, 2.45) is 5.92 Å². The minimum absolute atomic E-state index is 0.0369. The van der Waals surface area contributed by atoms with Crippen molar-refractivity contribution < 1.29 is 9.59 Å². The van der Waals surface area contributed by atoms with E-state index < -0.39 is 6.04 Å². The highest BCUT2D eigenvalue weighted by Gasteiger charge is 2.35. The van der Waals surface area contributed by atoms with Gasteiger partial charge in [-0.25, -0.2) is 0 Å². The lowest BCUT2D eigenvalue weighted by Crippen LogP contribution is -2.48. The molecule has 2 heterocycles. The van der Waals surface area contributed by atoms with Crippen molar-refractivity contribution in [1.82, 2.24) is 15.1 Å². The second kappa shape index (κ2) is 7.32. The van der Waals surface area contributed by atoms with E-state index in [-0.39, 0.29) is 17.7 Å². The molecule has 1 aromatic heterocycles. The molecule has 1 atom stereocenters. The van der Waals surface area contributed by atoms with E-state index in [1.165, 1.54) is 11.1 Å². The molecule has 2 amide bonds. The van der Waals surface area contributed by atoms with Crippen LogP contribution in [0.15, 0.2) is 24.3 Å². The van der Waals surface area contributed by atoms with E-state index in [0.29, 0.717) is 18.8 Å². The number of rotatable bonds is 5. The first-order valence-corrected chi connectivity index (χ1v) is 9.09. The molecule has 1 aromatic carbocycles. The van der Waals surface area contributed by atoms with Gasteiger partial charge in [-0.3, -0.25) is 14.7 Å². The summed E-state index contributed by atoms with van der Waals surface area (Å²) in [6.07, 6.45) is 1.34. The number of aromatic amines is 1. The fraction of sp³-hybridized carbons (Fsp3) is 0.450. The van der Waals surface area contributed by atoms with E-state index in [1.807, 2.05) is 19.9 Å². The van der Waals surface area contributed by atoms with E-state index in [9.17, 15) is 9.59 Å². The highest BCUT2D eigenvalue weighted by Crippen LogP contribution is 2.24. The lowest BCUT2D eigenvalue weighted by molar-refractivity contribution is -0.136. The SMILES string of the molecule is Cc1cc(C)cc(-c2cc(NC(=O)C(C(C)C)N3CCCC3=O)n[nH]2)c1. The van der Waals surface area contributed by atoms with Gasteiger partial charge in [0.15, 0.2) is 5.82 Å². The number of aryl methyl sites for hydroxylation is 2. The van der Waals surface area contributed by atoms with Crippen LogP contribution < -0.4 is 5.32 Å². The molecule has 3 rings (SSSR count). The molecule has 6 heteroatoms. The summed E-state index contributed by atoms with van der Waals surface area (Å²) >= 11 is 0. The molecule has 2 N–H and O–H groups in total. The van der Waals surface area contributed by atoms with Crippen molar-refractivity contribution in [1.29, 1.82) is 0 Å². The number of hydrogen-bond donors (Lipinski definition) is 2. The number of H-pyrrole nitrogens is 1. The number of benzene rings is 1. The largest absolute Gasteiger partial charge is 0.330 e. The molecule has 138 valence electrons. The van der Waals surface area contributed by atoms with Crippen LogP contribution in [0.3, 0.4) is 0 Å². The van der Waals surface area contributed by atoms with E-state index in [0.717, 1.165) is 17.7 Å². The summed E-state index contributed by atoms with van der Waals surface area (Å²) in [7, 11) is 0. The molecule has 0 bridgehead atoms. The van der Waals surface area contributed by atoms with Crippen LogP contribution in [0, 0.1) is 19.8 Å². The van der Waals surface area contributed by atoms with Gasteiger partial charge in [0.1, 0.15) is 6.04 Å². The van der Waals surface area contributed by atoms with Crippen LogP contribution in [-0.2, 0) is 9.59 Å². The molecule has 0 radical (unpaired) electrons. The monoisotopic (exact) mass is 354 g/mol. The zero-order valence-electron chi connectivity index (χ0n) is 15.8. The second-order valence-corrected chi connectivity index (χ2v) is 7.41. The van der Waals surface area contributed by atoms with Crippen molar-refractivity contribution in [3.8, 4) is 11.3 Å². The summed E-state index contributed by atoms with van der Waals surface area (Å²) in [6, 6.07) is 7.63. The summed E-state index contributed by atoms with van der Waals surface area (Å²) in [6.45, 7) is 8.66. The normalized spacial score (nSPS) is 15.6. The minimum atomic E-state index is -0.466. The molecule has 1 saturated heterocycles. The van der Waals surface area contributed by atoms with Gasteiger partial charge in [0, 0.05) is 24.6 Å². The average molecular weight is 354 g/mol. The standard InChI is InChI=1S/C20H26N4O2/c1-12(2)19(24-7-5-6-18(24)25)20(26)21-17-11-16(22-23-17)15-9-13(3)8-14(4)10-15/h8-12,19H,5-7H2,1-4H3,(H2,21,22,23,26). The molecule has 1 aliphatic heterocycles. The third kappa shape index (κ3) is 3.79. The molecule has 1 fully saturated rings. The predicted molar refractivity (Wildman–Crippen MR) is 102 cm³/mol. The van der Waals surface area contributed by atoms with Gasteiger partial charge in [0.05, 0.1) is 5.69 Å². The van der Waals surface area contributed by atoms with Gasteiger partial charge in [0.25, 0.3) is 0 Å². The maximum Gasteiger partial charge on any atom is 0.248 e. The first-order valence-electron chi connectivity index (χ1n) is 9.09. The summed E-state index contributed by atoms with van der Waals surface area (Å²) < 4.78 is 0. The van der Waals surface area contributed by atoms with E-state index in [2.05, 4.69) is 47.6 Å². The van der Waals surface area contributed by atoms with Crippen LogP contribution in [-0.4, -0.2) is 39.5 Å². The third-order valence-corrected chi connectivity index (χ3v) is 4.71. The molecule has 26 heavy (non-hydrogen) atoms. The Morgan fingerprint density at radius 2 is 1.88 bits per heavy atom. The molecule has 2 aromatic rings. The smallest absolute Gasteiger partial charge is 0.248 e. The number of carbonyl (C=O) groups is 2. The van der Waals surface area contributed by atoms with Crippen LogP contribution in [0.5, 0.6) is 0 Å². The maximum absolute atomic E-state index is 12.8. The first-order chi connectivity index (χ1) is 12.3. The van der Waals surface area contributed by atoms with E-state index in [1.54, 1.807) is 4.90 Å². The van der Waals surface area contributed by atoms with Crippen molar-refractivity contribution >= 4 is 17.6 Å². The Hall–Kier alpha value is -2.63. The number of nitrogens with one attached hydrogen (secondary N) is 2. The molecule has 0 saturated carbocycles. The number of nitrogens with zero attached hydrogens (tertiary/aromatic N) is 2. The number of anilines is 1. The number of likely N-dealkylation sites (tertiary alicyclic amines) is 1. The van der Waals surface area contributed by atoms with Crippen LogP contribution in [0.1, 0.15) is 37.8 Å². The molecule has 6 nitrogen and oxygen atoms in total. The summed E-state index contributed by atoms with van der Waals surface area (Å²) in [5.41, 5.74) is 4.23. The number of aromatic nitrogens is 2. The number of amides is 2. The van der Waals surface area contributed by atoms with Crippen LogP contribution in [0.2, 0.25) is 0 Å². The quantitative estimate of drug-likeness (QED) is 0.865. The zero-order valence-corrected chi connectivity index (χ0v) is 15.8. The van der Waals surface area contributed by atoms with Crippen LogP contribution >= 0.6 is 0 Å². The highest BCUT2D eigenvalue weighted by molar-refractivity contribution is 5.97. The summed E-state index contributed by atoms with van der Waals surface area (Å²) in [5.74, 6) is 0.377. The Bertz CT molecular complexity index is 805. The Morgan fingerprint density at radius 3 is 2.46 bits per heavy atom. The van der Waals surface area contributed by atoms with Crippen molar-refractivity contribution in [3.63, 3.8) is 0 Å². The van der Waals surface area contributed by atoms with Crippen molar-refractivity contribution in [2.45, 2.75) is 46.6 Å². The van der Waals surface area contributed by atoms with Crippen LogP contribution in [0.25, 0.3) is 11.3 Å². The van der Waals surface area contributed by atoms with Gasteiger partial charge in [-0.05, 0) is 38.3 Å². The minimum Gasteiger partial charge on any atom is -0.330 e. The van der Waals surface area contributed by atoms with Gasteiger partial charge in [0.2, 0.25) is 11.8 Å². The molecule has 1 aliphatic rings. The molecular formula is C20H26N4O2. The highest BCUT2D eigenvalue weighted by atomic mass is 16.2.